The summed E-state index contributed by atoms with van der Waals surface area (Å²) in [6, 6.07) is 18.5. The van der Waals surface area contributed by atoms with Crippen molar-refractivity contribution in [3.8, 4) is 0 Å². The summed E-state index contributed by atoms with van der Waals surface area (Å²) in [5, 5.41) is 0. The SMILES string of the molecule is Cc1cccc(N2CCN(CCC(=O)N(C)c3ccccc3)CC2)c1. The number of hydrogen-bond donors (Lipinski definition) is 0. The third-order valence-corrected chi connectivity index (χ3v) is 4.90. The second-order valence-corrected chi connectivity index (χ2v) is 6.71. The maximum atomic E-state index is 12.4. The van der Waals surface area contributed by atoms with E-state index in [9.17, 15) is 4.79 Å². The molecule has 0 bridgehead atoms. The number of benzene rings is 2. The molecule has 1 fully saturated rings. The lowest BCUT2D eigenvalue weighted by atomic mass is 10.2. The highest BCUT2D eigenvalue weighted by atomic mass is 16.2. The number of carbonyl (C=O) groups is 1. The summed E-state index contributed by atoms with van der Waals surface area (Å²) >= 11 is 0. The fourth-order valence-electron chi connectivity index (χ4n) is 3.27. The van der Waals surface area contributed by atoms with E-state index >= 15 is 0 Å². The molecule has 2 aromatic rings. The molecule has 1 aliphatic rings. The van der Waals surface area contributed by atoms with Crippen molar-refractivity contribution in [2.75, 3.05) is 49.6 Å². The van der Waals surface area contributed by atoms with E-state index in [2.05, 4.69) is 41.0 Å². The predicted octanol–water partition coefficient (Wildman–Crippen LogP) is 3.17. The molecule has 0 N–H and O–H groups in total. The quantitative estimate of drug-likeness (QED) is 0.838. The summed E-state index contributed by atoms with van der Waals surface area (Å²) in [4.78, 5) is 19.0. The smallest absolute Gasteiger partial charge is 0.228 e. The standard InChI is InChI=1S/C21H27N3O/c1-18-7-6-10-20(17-18)24-15-13-23(14-16-24)12-11-21(25)22(2)19-8-4-3-5-9-19/h3-10,17H,11-16H2,1-2H3. The van der Waals surface area contributed by atoms with Crippen LogP contribution in [0, 0.1) is 6.92 Å². The number of aryl methyl sites for hydroxylation is 1. The van der Waals surface area contributed by atoms with Gasteiger partial charge < -0.3 is 9.80 Å². The van der Waals surface area contributed by atoms with Gasteiger partial charge in [0.25, 0.3) is 0 Å². The first-order valence-electron chi connectivity index (χ1n) is 8.99. The zero-order valence-electron chi connectivity index (χ0n) is 15.2. The minimum absolute atomic E-state index is 0.173. The number of hydrogen-bond acceptors (Lipinski definition) is 3. The van der Waals surface area contributed by atoms with Gasteiger partial charge in [0.15, 0.2) is 0 Å². The first-order chi connectivity index (χ1) is 12.1. The molecule has 3 rings (SSSR count). The lowest BCUT2D eigenvalue weighted by Gasteiger charge is -2.36. The van der Waals surface area contributed by atoms with Crippen molar-refractivity contribution in [3.63, 3.8) is 0 Å². The average Bonchev–Trinajstić information content (AvgIpc) is 2.66. The molecule has 0 aliphatic carbocycles. The van der Waals surface area contributed by atoms with E-state index in [4.69, 9.17) is 0 Å². The Hall–Kier alpha value is -2.33. The van der Waals surface area contributed by atoms with E-state index < -0.39 is 0 Å². The van der Waals surface area contributed by atoms with Crippen molar-refractivity contribution < 1.29 is 4.79 Å². The Bertz CT molecular complexity index is 693. The molecule has 1 saturated heterocycles. The number of anilines is 2. The zero-order chi connectivity index (χ0) is 17.6. The predicted molar refractivity (Wildman–Crippen MR) is 104 cm³/mol. The van der Waals surface area contributed by atoms with Crippen molar-refractivity contribution in [1.29, 1.82) is 0 Å². The van der Waals surface area contributed by atoms with Gasteiger partial charge in [0.2, 0.25) is 5.91 Å². The van der Waals surface area contributed by atoms with Gasteiger partial charge in [-0.2, -0.15) is 0 Å². The van der Waals surface area contributed by atoms with Crippen LogP contribution in [-0.4, -0.2) is 50.6 Å². The van der Waals surface area contributed by atoms with Gasteiger partial charge in [-0.05, 0) is 36.8 Å². The van der Waals surface area contributed by atoms with Gasteiger partial charge in [-0.25, -0.2) is 0 Å². The van der Waals surface area contributed by atoms with Crippen LogP contribution in [0.1, 0.15) is 12.0 Å². The minimum atomic E-state index is 0.173. The highest BCUT2D eigenvalue weighted by molar-refractivity contribution is 5.92. The Labute approximate surface area is 150 Å². The van der Waals surface area contributed by atoms with Crippen molar-refractivity contribution in [1.82, 2.24) is 4.90 Å². The fraction of sp³-hybridized carbons (Fsp3) is 0.381. The summed E-state index contributed by atoms with van der Waals surface area (Å²) in [7, 11) is 1.85. The summed E-state index contributed by atoms with van der Waals surface area (Å²) < 4.78 is 0. The van der Waals surface area contributed by atoms with Crippen LogP contribution in [0.15, 0.2) is 54.6 Å². The van der Waals surface area contributed by atoms with Crippen LogP contribution in [-0.2, 0) is 4.79 Å². The second kappa shape index (κ2) is 8.17. The van der Waals surface area contributed by atoms with Gasteiger partial charge in [-0.1, -0.05) is 30.3 Å². The molecule has 0 spiro atoms. The van der Waals surface area contributed by atoms with E-state index in [1.165, 1.54) is 11.3 Å². The van der Waals surface area contributed by atoms with Crippen LogP contribution in [0.4, 0.5) is 11.4 Å². The topological polar surface area (TPSA) is 26.8 Å². The third-order valence-electron chi connectivity index (χ3n) is 4.90. The Morgan fingerprint density at radius 3 is 2.40 bits per heavy atom. The molecule has 0 aromatic heterocycles. The van der Waals surface area contributed by atoms with Gasteiger partial charge in [0.05, 0.1) is 0 Å². The molecule has 132 valence electrons. The van der Waals surface area contributed by atoms with Crippen LogP contribution >= 0.6 is 0 Å². The maximum absolute atomic E-state index is 12.4. The molecule has 4 nitrogen and oxygen atoms in total. The average molecular weight is 337 g/mol. The highest BCUT2D eigenvalue weighted by Gasteiger charge is 2.19. The van der Waals surface area contributed by atoms with Crippen LogP contribution in [0.5, 0.6) is 0 Å². The van der Waals surface area contributed by atoms with Gasteiger partial charge in [-0.15, -0.1) is 0 Å². The number of rotatable bonds is 5. The highest BCUT2D eigenvalue weighted by Crippen LogP contribution is 2.18. The lowest BCUT2D eigenvalue weighted by molar-refractivity contribution is -0.118. The van der Waals surface area contributed by atoms with Crippen LogP contribution in [0.3, 0.4) is 0 Å². The van der Waals surface area contributed by atoms with E-state index in [1.807, 2.05) is 37.4 Å². The van der Waals surface area contributed by atoms with Gasteiger partial charge in [-0.3, -0.25) is 9.69 Å². The normalized spacial score (nSPS) is 15.2. The number of piperazine rings is 1. The van der Waals surface area contributed by atoms with Gasteiger partial charge in [0.1, 0.15) is 0 Å². The molecule has 1 amide bonds. The molecule has 1 aliphatic heterocycles. The molecule has 0 atom stereocenters. The third kappa shape index (κ3) is 4.60. The van der Waals surface area contributed by atoms with E-state index in [0.29, 0.717) is 6.42 Å². The molecule has 0 radical (unpaired) electrons. The van der Waals surface area contributed by atoms with Crippen LogP contribution in [0.25, 0.3) is 0 Å². The lowest BCUT2D eigenvalue weighted by Crippen LogP contribution is -2.47. The maximum Gasteiger partial charge on any atom is 0.228 e. The summed E-state index contributed by atoms with van der Waals surface area (Å²) in [5.41, 5.74) is 3.56. The van der Waals surface area contributed by atoms with E-state index in [-0.39, 0.29) is 5.91 Å². The largest absolute Gasteiger partial charge is 0.369 e. The van der Waals surface area contributed by atoms with Crippen LogP contribution in [0.2, 0.25) is 0 Å². The van der Waals surface area contributed by atoms with Crippen molar-refractivity contribution in [3.05, 3.63) is 60.2 Å². The number of amides is 1. The van der Waals surface area contributed by atoms with Crippen molar-refractivity contribution in [2.24, 2.45) is 0 Å². The van der Waals surface area contributed by atoms with Gasteiger partial charge >= 0.3 is 0 Å². The summed E-state index contributed by atoms with van der Waals surface area (Å²) in [6.07, 6.45) is 0.565. The first-order valence-corrected chi connectivity index (χ1v) is 8.99. The van der Waals surface area contributed by atoms with E-state index in [0.717, 1.165) is 38.4 Å². The summed E-state index contributed by atoms with van der Waals surface area (Å²) in [6.45, 7) is 7.02. The minimum Gasteiger partial charge on any atom is -0.369 e. The Morgan fingerprint density at radius 2 is 1.72 bits per heavy atom. The molecule has 2 aromatic carbocycles. The monoisotopic (exact) mass is 337 g/mol. The second-order valence-electron chi connectivity index (χ2n) is 6.71. The Balaban J connectivity index is 1.45. The Morgan fingerprint density at radius 1 is 1.00 bits per heavy atom. The van der Waals surface area contributed by atoms with E-state index in [1.54, 1.807) is 4.90 Å². The number of carbonyl (C=O) groups excluding carboxylic acids is 1. The molecular weight excluding hydrogens is 310 g/mol. The summed E-state index contributed by atoms with van der Waals surface area (Å²) in [5.74, 6) is 0.173. The number of para-hydroxylation sites is 1. The zero-order valence-corrected chi connectivity index (χ0v) is 15.2. The molecule has 4 heteroatoms. The van der Waals surface area contributed by atoms with Gasteiger partial charge in [0, 0.05) is 57.6 Å². The molecule has 25 heavy (non-hydrogen) atoms. The number of nitrogens with zero attached hydrogens (tertiary/aromatic N) is 3. The molecule has 0 unspecified atom stereocenters. The first kappa shape index (κ1) is 17.5. The Kier molecular flexibility index (Phi) is 5.71. The van der Waals surface area contributed by atoms with Crippen molar-refractivity contribution in [2.45, 2.75) is 13.3 Å². The fourth-order valence-corrected chi connectivity index (χ4v) is 3.27. The molecular formula is C21H27N3O. The molecule has 0 saturated carbocycles. The van der Waals surface area contributed by atoms with Crippen molar-refractivity contribution >= 4 is 17.3 Å². The van der Waals surface area contributed by atoms with Crippen LogP contribution < -0.4 is 9.80 Å². The molecule has 1 heterocycles.